The Morgan fingerprint density at radius 3 is 3.10 bits per heavy atom. The predicted molar refractivity (Wildman–Crippen MR) is 38.5 cm³/mol. The summed E-state index contributed by atoms with van der Waals surface area (Å²) in [5.74, 6) is 0.197. The lowest BCUT2D eigenvalue weighted by molar-refractivity contribution is -0.125. The number of rotatable bonds is 0. The molecule has 2 heteroatoms. The second-order valence-electron chi connectivity index (χ2n) is 3.10. The van der Waals surface area contributed by atoms with Gasteiger partial charge in [0.25, 0.3) is 0 Å². The van der Waals surface area contributed by atoms with Gasteiger partial charge in [0.1, 0.15) is 0 Å². The Labute approximate surface area is 60.5 Å². The fraction of sp³-hybridized carbons (Fsp3) is 0.625. The Bertz CT molecular complexity index is 197. The second kappa shape index (κ2) is 1.84. The number of amides is 1. The van der Waals surface area contributed by atoms with Gasteiger partial charge in [-0.3, -0.25) is 4.79 Å². The molecule has 54 valence electrons. The van der Waals surface area contributed by atoms with Crippen molar-refractivity contribution < 1.29 is 4.79 Å². The normalized spacial score (nSPS) is 31.6. The van der Waals surface area contributed by atoms with Crippen LogP contribution < -0.4 is 0 Å². The van der Waals surface area contributed by atoms with Crippen LogP contribution in [0.4, 0.5) is 0 Å². The van der Waals surface area contributed by atoms with Crippen LogP contribution in [-0.4, -0.2) is 23.4 Å². The van der Waals surface area contributed by atoms with Gasteiger partial charge in [-0.15, -0.1) is 0 Å². The smallest absolute Gasteiger partial charge is 0.249 e. The van der Waals surface area contributed by atoms with Crippen molar-refractivity contribution in [3.05, 3.63) is 12.2 Å². The van der Waals surface area contributed by atoms with Gasteiger partial charge in [-0.25, -0.2) is 0 Å². The lowest BCUT2D eigenvalue weighted by atomic mass is 10.1. The van der Waals surface area contributed by atoms with Gasteiger partial charge >= 0.3 is 0 Å². The fourth-order valence-electron chi connectivity index (χ4n) is 1.89. The predicted octanol–water partition coefficient (Wildman–Crippen LogP) is 0.937. The molecule has 0 radical (unpaired) electrons. The summed E-state index contributed by atoms with van der Waals surface area (Å²) in [5, 5.41) is 0. The Morgan fingerprint density at radius 2 is 2.40 bits per heavy atom. The second-order valence-corrected chi connectivity index (χ2v) is 3.10. The number of carbonyl (C=O) groups is 1. The average molecular weight is 137 g/mol. The first-order chi connectivity index (χ1) is 4.79. The molecule has 2 nitrogen and oxygen atoms in total. The summed E-state index contributed by atoms with van der Waals surface area (Å²) < 4.78 is 0. The molecular weight excluding hydrogens is 126 g/mol. The number of carbonyl (C=O) groups excluding carboxylic acids is 1. The lowest BCUT2D eigenvalue weighted by Gasteiger charge is -2.12. The van der Waals surface area contributed by atoms with Crippen molar-refractivity contribution in [1.29, 1.82) is 0 Å². The molecule has 0 saturated carbocycles. The molecule has 2 aliphatic heterocycles. The zero-order valence-corrected chi connectivity index (χ0v) is 5.97. The number of fused-ring (bicyclic) bond motifs is 1. The highest BCUT2D eigenvalue weighted by atomic mass is 16.2. The highest BCUT2D eigenvalue weighted by molar-refractivity contribution is 5.95. The van der Waals surface area contributed by atoms with E-state index in [9.17, 15) is 4.79 Å². The highest BCUT2D eigenvalue weighted by Crippen LogP contribution is 2.30. The molecule has 2 aliphatic rings. The molecule has 0 spiro atoms. The largest absolute Gasteiger partial charge is 0.336 e. The first-order valence-electron chi connectivity index (χ1n) is 3.78. The molecule has 0 aliphatic carbocycles. The quantitative estimate of drug-likeness (QED) is 0.455. The zero-order valence-electron chi connectivity index (χ0n) is 5.97. The third-order valence-electron chi connectivity index (χ3n) is 2.42. The average Bonchev–Trinajstić information content (AvgIpc) is 2.41. The molecule has 0 aromatic heterocycles. The molecule has 2 fully saturated rings. The first kappa shape index (κ1) is 5.96. The molecule has 2 heterocycles. The van der Waals surface area contributed by atoms with E-state index in [0.29, 0.717) is 6.04 Å². The highest BCUT2D eigenvalue weighted by Gasteiger charge is 2.36. The van der Waals surface area contributed by atoms with Crippen LogP contribution in [0, 0.1) is 0 Å². The standard InChI is InChI=1S/C8H11NO/c1-6-5-7-3-2-4-9(7)8(6)10/h7H,1-5H2/t7-/m0/s1. The van der Waals surface area contributed by atoms with Gasteiger partial charge in [-0.1, -0.05) is 6.58 Å². The van der Waals surface area contributed by atoms with Gasteiger partial charge in [0.15, 0.2) is 0 Å². The Hall–Kier alpha value is -0.790. The van der Waals surface area contributed by atoms with Crippen LogP contribution in [0.2, 0.25) is 0 Å². The van der Waals surface area contributed by atoms with Crippen molar-refractivity contribution in [3.8, 4) is 0 Å². The molecule has 2 rings (SSSR count). The Morgan fingerprint density at radius 1 is 1.60 bits per heavy atom. The minimum absolute atomic E-state index is 0.197. The molecular formula is C8H11NO. The summed E-state index contributed by atoms with van der Waals surface area (Å²) in [5.41, 5.74) is 0.810. The number of hydrogen-bond donors (Lipinski definition) is 0. The van der Waals surface area contributed by atoms with Crippen molar-refractivity contribution >= 4 is 5.91 Å². The van der Waals surface area contributed by atoms with Crippen LogP contribution >= 0.6 is 0 Å². The molecule has 1 atom stereocenters. The van der Waals surface area contributed by atoms with Gasteiger partial charge in [0.05, 0.1) is 0 Å². The van der Waals surface area contributed by atoms with E-state index in [0.717, 1.165) is 18.5 Å². The molecule has 10 heavy (non-hydrogen) atoms. The van der Waals surface area contributed by atoms with E-state index in [-0.39, 0.29) is 5.91 Å². The van der Waals surface area contributed by atoms with Gasteiger partial charge in [0.2, 0.25) is 5.91 Å². The zero-order chi connectivity index (χ0) is 7.14. The van der Waals surface area contributed by atoms with Crippen molar-refractivity contribution in [3.63, 3.8) is 0 Å². The maximum Gasteiger partial charge on any atom is 0.249 e. The molecule has 0 unspecified atom stereocenters. The molecule has 0 aromatic rings. The lowest BCUT2D eigenvalue weighted by Crippen LogP contribution is -2.26. The van der Waals surface area contributed by atoms with E-state index in [1.54, 1.807) is 0 Å². The molecule has 0 bridgehead atoms. The van der Waals surface area contributed by atoms with Crippen LogP contribution in [0.15, 0.2) is 12.2 Å². The van der Waals surface area contributed by atoms with E-state index in [4.69, 9.17) is 0 Å². The van der Waals surface area contributed by atoms with Crippen LogP contribution in [0.25, 0.3) is 0 Å². The van der Waals surface area contributed by atoms with Gasteiger partial charge in [-0.05, 0) is 19.3 Å². The summed E-state index contributed by atoms with van der Waals surface area (Å²) in [4.78, 5) is 13.2. The maximum atomic E-state index is 11.2. The van der Waals surface area contributed by atoms with Crippen LogP contribution in [-0.2, 0) is 4.79 Å². The van der Waals surface area contributed by atoms with E-state index < -0.39 is 0 Å². The Balaban J connectivity index is 2.24. The third-order valence-corrected chi connectivity index (χ3v) is 2.42. The number of nitrogens with zero attached hydrogens (tertiary/aromatic N) is 1. The van der Waals surface area contributed by atoms with E-state index in [2.05, 4.69) is 6.58 Å². The van der Waals surface area contributed by atoms with Crippen molar-refractivity contribution in [2.45, 2.75) is 25.3 Å². The summed E-state index contributed by atoms with van der Waals surface area (Å²) in [6.07, 6.45) is 3.28. The van der Waals surface area contributed by atoms with Gasteiger partial charge in [0, 0.05) is 18.2 Å². The Kier molecular flexibility index (Phi) is 1.10. The van der Waals surface area contributed by atoms with Crippen LogP contribution in [0.1, 0.15) is 19.3 Å². The fourth-order valence-corrected chi connectivity index (χ4v) is 1.89. The van der Waals surface area contributed by atoms with Crippen LogP contribution in [0.5, 0.6) is 0 Å². The van der Waals surface area contributed by atoms with Gasteiger partial charge < -0.3 is 4.90 Å². The summed E-state index contributed by atoms with van der Waals surface area (Å²) in [6.45, 7) is 4.69. The topological polar surface area (TPSA) is 20.3 Å². The van der Waals surface area contributed by atoms with Crippen LogP contribution in [0.3, 0.4) is 0 Å². The summed E-state index contributed by atoms with van der Waals surface area (Å²) >= 11 is 0. The van der Waals surface area contributed by atoms with E-state index in [1.165, 1.54) is 12.8 Å². The van der Waals surface area contributed by atoms with Crippen molar-refractivity contribution in [2.24, 2.45) is 0 Å². The number of hydrogen-bond acceptors (Lipinski definition) is 1. The van der Waals surface area contributed by atoms with Crippen molar-refractivity contribution in [2.75, 3.05) is 6.54 Å². The third kappa shape index (κ3) is 0.618. The maximum absolute atomic E-state index is 11.2. The molecule has 1 amide bonds. The molecule has 0 N–H and O–H groups in total. The minimum Gasteiger partial charge on any atom is -0.336 e. The monoisotopic (exact) mass is 137 g/mol. The van der Waals surface area contributed by atoms with E-state index in [1.807, 2.05) is 4.90 Å². The summed E-state index contributed by atoms with van der Waals surface area (Å²) in [7, 11) is 0. The van der Waals surface area contributed by atoms with Gasteiger partial charge in [-0.2, -0.15) is 0 Å². The first-order valence-corrected chi connectivity index (χ1v) is 3.78. The van der Waals surface area contributed by atoms with E-state index >= 15 is 0 Å². The van der Waals surface area contributed by atoms with Crippen molar-refractivity contribution in [1.82, 2.24) is 4.90 Å². The molecule has 0 aromatic carbocycles. The molecule has 2 saturated heterocycles. The minimum atomic E-state index is 0.197. The SMILES string of the molecule is C=C1C[C@@H]2CCCN2C1=O. The summed E-state index contributed by atoms with van der Waals surface area (Å²) in [6, 6.07) is 0.514.